The number of hydrogen-bond donors (Lipinski definition) is 1. The topological polar surface area (TPSA) is 69.3 Å². The molecule has 2 aromatic heterocycles. The molecule has 0 saturated heterocycles. The Balaban J connectivity index is 1.40. The summed E-state index contributed by atoms with van der Waals surface area (Å²) in [5.74, 6) is 1.00. The van der Waals surface area contributed by atoms with Gasteiger partial charge < -0.3 is 19.0 Å². The molecule has 7 heteroatoms. The van der Waals surface area contributed by atoms with Crippen molar-refractivity contribution < 1.29 is 18.3 Å². The number of hydrogen-bond acceptors (Lipinski definition) is 4. The van der Waals surface area contributed by atoms with Gasteiger partial charge in [0.1, 0.15) is 17.3 Å². The predicted molar refractivity (Wildman–Crippen MR) is 136 cm³/mol. The van der Waals surface area contributed by atoms with Crippen LogP contribution in [0.3, 0.4) is 0 Å². The van der Waals surface area contributed by atoms with E-state index in [2.05, 4.69) is 14.9 Å². The van der Waals surface area contributed by atoms with E-state index in [9.17, 15) is 9.18 Å². The average molecular weight is 488 g/mol. The Bertz CT molecular complexity index is 1320. The van der Waals surface area contributed by atoms with Gasteiger partial charge in [0.05, 0.1) is 24.7 Å². The van der Waals surface area contributed by atoms with Gasteiger partial charge in [0.2, 0.25) is 0 Å². The largest absolute Gasteiger partial charge is 0.494 e. The Labute approximate surface area is 210 Å². The van der Waals surface area contributed by atoms with Crippen LogP contribution in [0, 0.1) is 5.82 Å². The summed E-state index contributed by atoms with van der Waals surface area (Å²) in [6.07, 6.45) is 6.31. The first kappa shape index (κ1) is 23.9. The van der Waals surface area contributed by atoms with E-state index in [0.29, 0.717) is 24.1 Å². The second-order valence-electron chi connectivity index (χ2n) is 9.16. The van der Waals surface area contributed by atoms with Crippen molar-refractivity contribution in [3.8, 4) is 28.5 Å². The summed E-state index contributed by atoms with van der Waals surface area (Å²) in [7, 11) is 0. The number of furan rings is 1. The quantitative estimate of drug-likeness (QED) is 0.292. The number of imidazole rings is 1. The van der Waals surface area contributed by atoms with Crippen molar-refractivity contribution in [1.82, 2.24) is 14.9 Å². The first-order chi connectivity index (χ1) is 17.5. The molecule has 1 N–H and O–H groups in total. The van der Waals surface area contributed by atoms with Crippen molar-refractivity contribution in [2.24, 2.45) is 0 Å². The van der Waals surface area contributed by atoms with Crippen molar-refractivity contribution in [2.45, 2.75) is 51.6 Å². The molecule has 186 valence electrons. The van der Waals surface area contributed by atoms with Crippen molar-refractivity contribution in [2.75, 3.05) is 6.61 Å². The fourth-order valence-electron chi connectivity index (χ4n) is 4.84. The van der Waals surface area contributed by atoms with Gasteiger partial charge in [-0.1, -0.05) is 25.0 Å². The highest BCUT2D eigenvalue weighted by Gasteiger charge is 2.26. The summed E-state index contributed by atoms with van der Waals surface area (Å²) in [5.41, 5.74) is 3.30. The summed E-state index contributed by atoms with van der Waals surface area (Å²) >= 11 is 0. The molecule has 6 nitrogen and oxygen atoms in total. The van der Waals surface area contributed by atoms with Crippen molar-refractivity contribution >= 4 is 5.91 Å². The monoisotopic (exact) mass is 487 g/mol. The Morgan fingerprint density at radius 3 is 2.53 bits per heavy atom. The number of ether oxygens (including phenoxy) is 1. The highest BCUT2D eigenvalue weighted by molar-refractivity contribution is 5.92. The molecule has 2 heterocycles. The zero-order valence-electron chi connectivity index (χ0n) is 20.5. The molecule has 1 amide bonds. The van der Waals surface area contributed by atoms with Crippen LogP contribution < -0.4 is 10.1 Å². The highest BCUT2D eigenvalue weighted by Crippen LogP contribution is 2.39. The van der Waals surface area contributed by atoms with Gasteiger partial charge in [-0.2, -0.15) is 0 Å². The lowest BCUT2D eigenvalue weighted by atomic mass is 10.1. The molecule has 0 bridgehead atoms. The molecular formula is C29H30FN3O3. The zero-order valence-corrected chi connectivity index (χ0v) is 20.5. The molecular weight excluding hydrogens is 457 g/mol. The van der Waals surface area contributed by atoms with Crippen LogP contribution in [0.5, 0.6) is 5.75 Å². The molecule has 4 aromatic rings. The van der Waals surface area contributed by atoms with E-state index in [1.165, 1.54) is 25.0 Å². The van der Waals surface area contributed by atoms with Crippen LogP contribution in [0.1, 0.15) is 67.7 Å². The van der Waals surface area contributed by atoms with Gasteiger partial charge in [0.15, 0.2) is 11.5 Å². The SMILES string of the molecule is CCOc1ccc([C@H](C)NC(=O)c2ccc(-c3c(-c4ccc(F)cc4)ncn3C3CCCC3)o2)cc1. The fraction of sp³-hybridized carbons (Fsp3) is 0.310. The number of benzene rings is 2. The lowest BCUT2D eigenvalue weighted by Crippen LogP contribution is -2.26. The third-order valence-corrected chi connectivity index (χ3v) is 6.73. The van der Waals surface area contributed by atoms with Crippen molar-refractivity contribution in [3.63, 3.8) is 0 Å². The Morgan fingerprint density at radius 1 is 1.11 bits per heavy atom. The van der Waals surface area contributed by atoms with Crippen LogP contribution in [-0.4, -0.2) is 22.1 Å². The van der Waals surface area contributed by atoms with Crippen LogP contribution in [0.25, 0.3) is 22.7 Å². The lowest BCUT2D eigenvalue weighted by Gasteiger charge is -2.15. The van der Waals surface area contributed by atoms with E-state index in [0.717, 1.165) is 35.4 Å². The number of aromatic nitrogens is 2. The van der Waals surface area contributed by atoms with Crippen LogP contribution in [0.4, 0.5) is 4.39 Å². The van der Waals surface area contributed by atoms with Gasteiger partial charge in [-0.25, -0.2) is 9.37 Å². The van der Waals surface area contributed by atoms with Crippen LogP contribution >= 0.6 is 0 Å². The Morgan fingerprint density at radius 2 is 1.83 bits per heavy atom. The lowest BCUT2D eigenvalue weighted by molar-refractivity contribution is 0.0912. The van der Waals surface area contributed by atoms with Crippen LogP contribution in [-0.2, 0) is 0 Å². The number of nitrogens with zero attached hydrogens (tertiary/aromatic N) is 2. The van der Waals surface area contributed by atoms with E-state index in [1.807, 2.05) is 50.5 Å². The van der Waals surface area contributed by atoms with E-state index in [1.54, 1.807) is 18.2 Å². The number of carbonyl (C=O) groups excluding carboxylic acids is 1. The maximum absolute atomic E-state index is 13.6. The Kier molecular flexibility index (Phi) is 6.89. The molecule has 0 radical (unpaired) electrons. The third-order valence-electron chi connectivity index (χ3n) is 6.73. The molecule has 1 fully saturated rings. The zero-order chi connectivity index (χ0) is 25.1. The van der Waals surface area contributed by atoms with Gasteiger partial charge in [-0.15, -0.1) is 0 Å². The number of nitrogens with one attached hydrogen (secondary N) is 1. The van der Waals surface area contributed by atoms with Gasteiger partial charge in [0.25, 0.3) is 5.91 Å². The highest BCUT2D eigenvalue weighted by atomic mass is 19.1. The number of rotatable bonds is 8. The number of amides is 1. The Hall–Kier alpha value is -3.87. The second kappa shape index (κ2) is 10.4. The standard InChI is InChI=1S/C29H30FN3O3/c1-3-35-24-14-10-20(11-15-24)19(2)32-29(34)26-17-16-25(36-26)28-27(21-8-12-22(30)13-9-21)31-18-33(28)23-6-4-5-7-23/h8-19,23H,3-7H2,1-2H3,(H,32,34)/t19-/m0/s1. The molecule has 1 aliphatic rings. The van der Waals surface area contributed by atoms with Gasteiger partial charge in [-0.05, 0) is 80.8 Å². The summed E-state index contributed by atoms with van der Waals surface area (Å²) in [4.78, 5) is 17.7. The summed E-state index contributed by atoms with van der Waals surface area (Å²) in [6.45, 7) is 4.48. The minimum Gasteiger partial charge on any atom is -0.494 e. The molecule has 5 rings (SSSR count). The third kappa shape index (κ3) is 4.91. The van der Waals surface area contributed by atoms with Crippen molar-refractivity contribution in [3.05, 3.63) is 84.1 Å². The molecule has 36 heavy (non-hydrogen) atoms. The van der Waals surface area contributed by atoms with E-state index in [4.69, 9.17) is 9.15 Å². The van der Waals surface area contributed by atoms with Crippen LogP contribution in [0.2, 0.25) is 0 Å². The van der Waals surface area contributed by atoms with Crippen molar-refractivity contribution in [1.29, 1.82) is 0 Å². The smallest absolute Gasteiger partial charge is 0.287 e. The molecule has 1 aliphatic carbocycles. The fourth-order valence-corrected chi connectivity index (χ4v) is 4.84. The van der Waals surface area contributed by atoms with E-state index in [-0.39, 0.29) is 23.5 Å². The number of carbonyl (C=O) groups is 1. The van der Waals surface area contributed by atoms with E-state index < -0.39 is 0 Å². The normalized spacial score (nSPS) is 14.6. The average Bonchev–Trinajstić information content (AvgIpc) is 3.65. The second-order valence-corrected chi connectivity index (χ2v) is 9.16. The number of halogens is 1. The molecule has 0 unspecified atom stereocenters. The first-order valence-electron chi connectivity index (χ1n) is 12.5. The maximum atomic E-state index is 13.6. The first-order valence-corrected chi connectivity index (χ1v) is 12.5. The molecule has 2 aromatic carbocycles. The van der Waals surface area contributed by atoms with Gasteiger partial charge in [-0.3, -0.25) is 4.79 Å². The molecule has 1 atom stereocenters. The minimum atomic E-state index is -0.297. The van der Waals surface area contributed by atoms with Crippen LogP contribution in [0.15, 0.2) is 71.4 Å². The van der Waals surface area contributed by atoms with E-state index >= 15 is 0 Å². The minimum absolute atomic E-state index is 0.208. The van der Waals surface area contributed by atoms with Gasteiger partial charge in [0, 0.05) is 11.6 Å². The maximum Gasteiger partial charge on any atom is 0.287 e. The molecule has 1 saturated carbocycles. The van der Waals surface area contributed by atoms with Gasteiger partial charge >= 0.3 is 0 Å². The predicted octanol–water partition coefficient (Wildman–Crippen LogP) is 6.95. The summed E-state index contributed by atoms with van der Waals surface area (Å²) in [5, 5.41) is 3.01. The molecule has 0 aliphatic heterocycles. The summed E-state index contributed by atoms with van der Waals surface area (Å²) in [6, 6.07) is 17.6. The molecule has 0 spiro atoms. The summed E-state index contributed by atoms with van der Waals surface area (Å²) < 4.78 is 27.3.